The smallest absolute Gasteiger partial charge is 0.182 e. The SMILES string of the molecule is CC(=O)c1cccc(Nc2cc(NC#N)nc(C)n2)c1. The van der Waals surface area contributed by atoms with E-state index in [1.54, 1.807) is 31.2 Å². The van der Waals surface area contributed by atoms with Crippen LogP contribution >= 0.6 is 0 Å². The number of benzene rings is 1. The van der Waals surface area contributed by atoms with Crippen molar-refractivity contribution in [3.05, 3.63) is 41.7 Å². The van der Waals surface area contributed by atoms with E-state index in [1.165, 1.54) is 6.92 Å². The van der Waals surface area contributed by atoms with Gasteiger partial charge in [0.1, 0.15) is 17.5 Å². The minimum absolute atomic E-state index is 0.000598. The summed E-state index contributed by atoms with van der Waals surface area (Å²) in [5, 5.41) is 14.2. The summed E-state index contributed by atoms with van der Waals surface area (Å²) in [7, 11) is 0. The van der Waals surface area contributed by atoms with Gasteiger partial charge in [0, 0.05) is 17.3 Å². The van der Waals surface area contributed by atoms with E-state index < -0.39 is 0 Å². The number of anilines is 3. The highest BCUT2D eigenvalue weighted by Gasteiger charge is 2.04. The molecule has 0 fully saturated rings. The van der Waals surface area contributed by atoms with Crippen molar-refractivity contribution in [2.45, 2.75) is 13.8 Å². The summed E-state index contributed by atoms with van der Waals surface area (Å²) in [6.07, 6.45) is 1.81. The van der Waals surface area contributed by atoms with Crippen LogP contribution in [-0.4, -0.2) is 15.8 Å². The van der Waals surface area contributed by atoms with E-state index in [0.29, 0.717) is 23.0 Å². The number of hydrogen-bond acceptors (Lipinski definition) is 6. The number of rotatable bonds is 4. The topological polar surface area (TPSA) is 90.7 Å². The number of carbonyl (C=O) groups is 1. The fourth-order valence-electron chi connectivity index (χ4n) is 1.72. The van der Waals surface area contributed by atoms with E-state index in [-0.39, 0.29) is 5.78 Å². The van der Waals surface area contributed by atoms with E-state index >= 15 is 0 Å². The zero-order chi connectivity index (χ0) is 14.5. The van der Waals surface area contributed by atoms with Crippen molar-refractivity contribution in [1.29, 1.82) is 5.26 Å². The Kier molecular flexibility index (Phi) is 3.91. The molecule has 6 nitrogen and oxygen atoms in total. The molecular formula is C14H13N5O. The fraction of sp³-hybridized carbons (Fsp3) is 0.143. The van der Waals surface area contributed by atoms with Crippen molar-refractivity contribution in [1.82, 2.24) is 9.97 Å². The van der Waals surface area contributed by atoms with Gasteiger partial charge in [0.05, 0.1) is 0 Å². The van der Waals surface area contributed by atoms with E-state index in [1.807, 2.05) is 12.3 Å². The molecule has 2 rings (SSSR count). The molecule has 0 amide bonds. The first-order valence-electron chi connectivity index (χ1n) is 5.97. The average molecular weight is 267 g/mol. The Morgan fingerprint density at radius 2 is 2.00 bits per heavy atom. The van der Waals surface area contributed by atoms with Crippen molar-refractivity contribution in [2.24, 2.45) is 0 Å². The lowest BCUT2D eigenvalue weighted by Gasteiger charge is -2.08. The number of nitriles is 1. The molecule has 0 spiro atoms. The van der Waals surface area contributed by atoms with Gasteiger partial charge in [0.2, 0.25) is 0 Å². The van der Waals surface area contributed by atoms with E-state index in [0.717, 1.165) is 5.69 Å². The third-order valence-electron chi connectivity index (χ3n) is 2.56. The molecule has 100 valence electrons. The first-order valence-corrected chi connectivity index (χ1v) is 5.97. The molecule has 0 saturated carbocycles. The largest absolute Gasteiger partial charge is 0.340 e. The lowest BCUT2D eigenvalue weighted by molar-refractivity contribution is 0.101. The molecule has 0 aliphatic carbocycles. The standard InChI is InChI=1S/C14H13N5O/c1-9(20)11-4-3-5-12(6-11)19-14-7-13(16-8-15)17-10(2)18-14/h3-7H,1-2H3,(H2,16,17,18,19). The molecule has 6 heteroatoms. The Labute approximate surface area is 116 Å². The average Bonchev–Trinajstić information content (AvgIpc) is 2.38. The molecule has 0 atom stereocenters. The molecule has 0 aliphatic rings. The van der Waals surface area contributed by atoms with Crippen LogP contribution in [0.4, 0.5) is 17.3 Å². The first-order chi connectivity index (χ1) is 9.58. The minimum Gasteiger partial charge on any atom is -0.340 e. The number of aryl methyl sites for hydroxylation is 1. The second kappa shape index (κ2) is 5.80. The van der Waals surface area contributed by atoms with E-state index in [9.17, 15) is 4.79 Å². The number of aromatic nitrogens is 2. The molecule has 2 N–H and O–H groups in total. The van der Waals surface area contributed by atoms with Gasteiger partial charge in [-0.05, 0) is 26.0 Å². The molecule has 0 radical (unpaired) electrons. The van der Waals surface area contributed by atoms with Gasteiger partial charge in [0.25, 0.3) is 0 Å². The van der Waals surface area contributed by atoms with Gasteiger partial charge >= 0.3 is 0 Å². The summed E-state index contributed by atoms with van der Waals surface area (Å²) in [5.74, 6) is 1.51. The number of Topliss-reactive ketones (excluding diaryl/α,β-unsaturated/α-hetero) is 1. The second-order valence-corrected chi connectivity index (χ2v) is 4.18. The maximum atomic E-state index is 11.3. The summed E-state index contributed by atoms with van der Waals surface area (Å²) in [6, 6.07) is 8.75. The molecule has 1 heterocycles. The first kappa shape index (κ1) is 13.5. The molecule has 0 bridgehead atoms. The molecule has 0 saturated heterocycles. The van der Waals surface area contributed by atoms with Gasteiger partial charge < -0.3 is 5.32 Å². The van der Waals surface area contributed by atoms with Crippen LogP contribution in [0.25, 0.3) is 0 Å². The van der Waals surface area contributed by atoms with Crippen LogP contribution in [0.1, 0.15) is 23.1 Å². The zero-order valence-electron chi connectivity index (χ0n) is 11.1. The normalized spacial score (nSPS) is 9.65. The van der Waals surface area contributed by atoms with Crippen molar-refractivity contribution < 1.29 is 4.79 Å². The Morgan fingerprint density at radius 3 is 2.70 bits per heavy atom. The summed E-state index contributed by atoms with van der Waals surface area (Å²) >= 11 is 0. The Balaban J connectivity index is 2.28. The van der Waals surface area contributed by atoms with Gasteiger partial charge in [-0.1, -0.05) is 12.1 Å². The molecule has 1 aromatic carbocycles. The van der Waals surface area contributed by atoms with E-state index in [4.69, 9.17) is 5.26 Å². The summed E-state index contributed by atoms with van der Waals surface area (Å²) < 4.78 is 0. The maximum Gasteiger partial charge on any atom is 0.182 e. The Morgan fingerprint density at radius 1 is 1.25 bits per heavy atom. The fourth-order valence-corrected chi connectivity index (χ4v) is 1.72. The quantitative estimate of drug-likeness (QED) is 0.502. The third kappa shape index (κ3) is 3.29. The lowest BCUT2D eigenvalue weighted by Crippen LogP contribution is -2.01. The van der Waals surface area contributed by atoms with Crippen LogP contribution in [0.5, 0.6) is 0 Å². The Bertz CT molecular complexity index is 690. The van der Waals surface area contributed by atoms with E-state index in [2.05, 4.69) is 20.6 Å². The van der Waals surface area contributed by atoms with Crippen LogP contribution in [0, 0.1) is 18.4 Å². The van der Waals surface area contributed by atoms with Crippen LogP contribution in [-0.2, 0) is 0 Å². The molecule has 0 unspecified atom stereocenters. The van der Waals surface area contributed by atoms with Gasteiger partial charge in [-0.15, -0.1) is 0 Å². The van der Waals surface area contributed by atoms with Gasteiger partial charge in [-0.2, -0.15) is 5.26 Å². The maximum absolute atomic E-state index is 11.3. The highest BCUT2D eigenvalue weighted by molar-refractivity contribution is 5.95. The molecule has 0 aliphatic heterocycles. The highest BCUT2D eigenvalue weighted by Crippen LogP contribution is 2.18. The van der Waals surface area contributed by atoms with Gasteiger partial charge in [0.15, 0.2) is 12.0 Å². The van der Waals surface area contributed by atoms with Gasteiger partial charge in [-0.25, -0.2) is 9.97 Å². The number of nitrogens with zero attached hydrogens (tertiary/aromatic N) is 3. The Hall–Kier alpha value is -2.94. The predicted molar refractivity (Wildman–Crippen MR) is 75.7 cm³/mol. The van der Waals surface area contributed by atoms with Crippen LogP contribution in [0.15, 0.2) is 30.3 Å². The molecular weight excluding hydrogens is 254 g/mol. The lowest BCUT2D eigenvalue weighted by atomic mass is 10.1. The number of carbonyl (C=O) groups excluding carboxylic acids is 1. The zero-order valence-corrected chi connectivity index (χ0v) is 11.1. The third-order valence-corrected chi connectivity index (χ3v) is 2.56. The minimum atomic E-state index is -0.000598. The van der Waals surface area contributed by atoms with Crippen LogP contribution < -0.4 is 10.6 Å². The summed E-state index contributed by atoms with van der Waals surface area (Å²) in [5.41, 5.74) is 1.37. The second-order valence-electron chi connectivity index (χ2n) is 4.18. The summed E-state index contributed by atoms with van der Waals surface area (Å²) in [4.78, 5) is 19.6. The van der Waals surface area contributed by atoms with Crippen molar-refractivity contribution >= 4 is 23.1 Å². The monoisotopic (exact) mass is 267 g/mol. The highest BCUT2D eigenvalue weighted by atomic mass is 16.1. The summed E-state index contributed by atoms with van der Waals surface area (Å²) in [6.45, 7) is 3.25. The molecule has 20 heavy (non-hydrogen) atoms. The molecule has 1 aromatic heterocycles. The predicted octanol–water partition coefficient (Wildman–Crippen LogP) is 2.62. The van der Waals surface area contributed by atoms with Crippen molar-refractivity contribution in [3.63, 3.8) is 0 Å². The van der Waals surface area contributed by atoms with Crippen molar-refractivity contribution in [2.75, 3.05) is 10.6 Å². The molecule has 2 aromatic rings. The number of ketones is 1. The number of hydrogen-bond donors (Lipinski definition) is 2. The van der Waals surface area contributed by atoms with Gasteiger partial charge in [-0.3, -0.25) is 10.1 Å². The van der Waals surface area contributed by atoms with Crippen LogP contribution in [0.3, 0.4) is 0 Å². The van der Waals surface area contributed by atoms with Crippen LogP contribution in [0.2, 0.25) is 0 Å². The number of nitrogens with one attached hydrogen (secondary N) is 2. The van der Waals surface area contributed by atoms with Crippen molar-refractivity contribution in [3.8, 4) is 6.19 Å².